The molecule has 1 saturated carbocycles. The third kappa shape index (κ3) is 8.26. The molecule has 0 radical (unpaired) electrons. The second-order valence-corrected chi connectivity index (χ2v) is 8.64. The van der Waals surface area contributed by atoms with E-state index in [1.807, 2.05) is 39.1 Å². The van der Waals surface area contributed by atoms with Gasteiger partial charge in [-0.05, 0) is 55.2 Å². The molecular weight excluding hydrogens is 390 g/mol. The molecule has 1 aliphatic heterocycles. The summed E-state index contributed by atoms with van der Waals surface area (Å²) in [7, 11) is 1.86. The van der Waals surface area contributed by atoms with Crippen LogP contribution in [0.3, 0.4) is 0 Å². The Morgan fingerprint density at radius 1 is 1.13 bits per heavy atom. The van der Waals surface area contributed by atoms with Gasteiger partial charge < -0.3 is 20.2 Å². The second kappa shape index (κ2) is 13.5. The van der Waals surface area contributed by atoms with E-state index in [1.165, 1.54) is 32.4 Å². The van der Waals surface area contributed by atoms with Crippen LogP contribution in [0.15, 0.2) is 24.3 Å². The average Bonchev–Trinajstić information content (AvgIpc) is 3.38. The molecule has 2 fully saturated rings. The Labute approximate surface area is 188 Å². The highest BCUT2D eigenvalue weighted by molar-refractivity contribution is 5.90. The number of carbonyl (C=O) groups is 2. The van der Waals surface area contributed by atoms with Gasteiger partial charge in [-0.15, -0.1) is 0 Å². The summed E-state index contributed by atoms with van der Waals surface area (Å²) < 4.78 is 0. The van der Waals surface area contributed by atoms with Gasteiger partial charge in [0, 0.05) is 51.8 Å². The lowest BCUT2D eigenvalue weighted by Crippen LogP contribution is -2.32. The maximum Gasteiger partial charge on any atom is 0.224 e. The highest BCUT2D eigenvalue weighted by Crippen LogP contribution is 2.37. The highest BCUT2D eigenvalue weighted by atomic mass is 16.3. The summed E-state index contributed by atoms with van der Waals surface area (Å²) >= 11 is 0. The number of amides is 2. The van der Waals surface area contributed by atoms with Crippen LogP contribution < -0.4 is 5.32 Å². The molecule has 0 aromatic heterocycles. The van der Waals surface area contributed by atoms with E-state index in [0.717, 1.165) is 36.8 Å². The lowest BCUT2D eigenvalue weighted by Gasteiger charge is -2.20. The van der Waals surface area contributed by atoms with Crippen molar-refractivity contribution < 1.29 is 14.7 Å². The van der Waals surface area contributed by atoms with Crippen LogP contribution in [0.4, 0.5) is 5.69 Å². The van der Waals surface area contributed by atoms with Gasteiger partial charge in [-0.3, -0.25) is 9.59 Å². The maximum atomic E-state index is 12.4. The number of hydrogen-bond donors (Lipinski definition) is 2. The normalized spacial score (nSPS) is 20.0. The second-order valence-electron chi connectivity index (χ2n) is 8.64. The van der Waals surface area contributed by atoms with E-state index in [-0.39, 0.29) is 18.4 Å². The van der Waals surface area contributed by atoms with Crippen molar-refractivity contribution in [3.05, 3.63) is 29.8 Å². The number of nitrogens with one attached hydrogen (secondary N) is 1. The fraction of sp³-hybridized carbons (Fsp3) is 0.680. The molecule has 6 nitrogen and oxygen atoms in total. The first-order valence-corrected chi connectivity index (χ1v) is 12.0. The Kier molecular flexibility index (Phi) is 11.0. The van der Waals surface area contributed by atoms with Crippen molar-refractivity contribution in [2.24, 2.45) is 11.8 Å². The number of aliphatic hydroxyl groups is 1. The van der Waals surface area contributed by atoms with Crippen LogP contribution >= 0.6 is 0 Å². The van der Waals surface area contributed by atoms with Crippen molar-refractivity contribution >= 4 is 17.5 Å². The van der Waals surface area contributed by atoms with Gasteiger partial charge in [-0.2, -0.15) is 0 Å². The Morgan fingerprint density at radius 3 is 2.52 bits per heavy atom. The zero-order valence-corrected chi connectivity index (χ0v) is 19.6. The zero-order valence-electron chi connectivity index (χ0n) is 19.6. The number of hydrogen-bond acceptors (Lipinski definition) is 4. The summed E-state index contributed by atoms with van der Waals surface area (Å²) in [6, 6.07) is 7.23. The van der Waals surface area contributed by atoms with E-state index in [2.05, 4.69) is 10.2 Å². The number of anilines is 1. The minimum atomic E-state index is -0.0387. The molecule has 0 bridgehead atoms. The molecule has 2 aliphatic rings. The molecule has 6 heteroatoms. The van der Waals surface area contributed by atoms with Crippen molar-refractivity contribution in [3.8, 4) is 0 Å². The van der Waals surface area contributed by atoms with E-state index in [9.17, 15) is 9.59 Å². The standard InChI is InChI=1S/C23H35N3O3.C2H6/c1-25(23(29)11-13-26-15-19-7-5-8-20(19)16-26)12-3-2-10-22(28)24-21-9-4-6-18(14-21)17-27;1-2/h4,6,9,14,19-20,27H,2-3,5,7-8,10-13,15-17H2,1H3,(H,24,28);1-2H3. The number of likely N-dealkylation sites (tertiary alicyclic amines) is 1. The number of benzene rings is 1. The number of aliphatic hydroxyl groups excluding tert-OH is 1. The monoisotopic (exact) mass is 431 g/mol. The first-order valence-electron chi connectivity index (χ1n) is 12.0. The van der Waals surface area contributed by atoms with Crippen molar-refractivity contribution in [2.45, 2.75) is 65.4 Å². The first kappa shape index (κ1) is 25.3. The van der Waals surface area contributed by atoms with E-state index in [4.69, 9.17) is 5.11 Å². The Bertz CT molecular complexity index is 682. The minimum absolute atomic E-state index is 0.0337. The number of carbonyl (C=O) groups excluding carboxylic acids is 2. The quantitative estimate of drug-likeness (QED) is 0.551. The summed E-state index contributed by atoms with van der Waals surface area (Å²) in [5.74, 6) is 1.92. The van der Waals surface area contributed by atoms with Gasteiger partial charge in [0.25, 0.3) is 0 Å². The molecule has 1 heterocycles. The molecule has 0 spiro atoms. The fourth-order valence-electron chi connectivity index (χ4n) is 4.69. The van der Waals surface area contributed by atoms with Gasteiger partial charge >= 0.3 is 0 Å². The molecular formula is C25H41N3O3. The minimum Gasteiger partial charge on any atom is -0.392 e. The van der Waals surface area contributed by atoms with E-state index in [1.54, 1.807) is 11.0 Å². The maximum absolute atomic E-state index is 12.4. The van der Waals surface area contributed by atoms with Gasteiger partial charge in [-0.1, -0.05) is 32.4 Å². The smallest absolute Gasteiger partial charge is 0.224 e. The van der Waals surface area contributed by atoms with Crippen molar-refractivity contribution in [2.75, 3.05) is 38.5 Å². The third-order valence-corrected chi connectivity index (χ3v) is 6.41. The molecule has 3 rings (SSSR count). The summed E-state index contributed by atoms with van der Waals surface area (Å²) in [4.78, 5) is 28.7. The van der Waals surface area contributed by atoms with E-state index in [0.29, 0.717) is 25.1 Å². The predicted octanol–water partition coefficient (Wildman–Crippen LogP) is 3.89. The highest BCUT2D eigenvalue weighted by Gasteiger charge is 2.35. The Balaban J connectivity index is 0.00000166. The van der Waals surface area contributed by atoms with Gasteiger partial charge in [-0.25, -0.2) is 0 Å². The summed E-state index contributed by atoms with van der Waals surface area (Å²) in [6.07, 6.45) is 6.72. The van der Waals surface area contributed by atoms with Crippen LogP contribution in [0.25, 0.3) is 0 Å². The van der Waals surface area contributed by atoms with Gasteiger partial charge in [0.2, 0.25) is 11.8 Å². The van der Waals surface area contributed by atoms with Crippen LogP contribution in [0.5, 0.6) is 0 Å². The lowest BCUT2D eigenvalue weighted by atomic mass is 10.0. The summed E-state index contributed by atoms with van der Waals surface area (Å²) in [6.45, 7) is 7.89. The molecule has 1 aromatic carbocycles. The molecule has 31 heavy (non-hydrogen) atoms. The molecule has 1 aromatic rings. The molecule has 1 saturated heterocycles. The Morgan fingerprint density at radius 2 is 1.84 bits per heavy atom. The van der Waals surface area contributed by atoms with Crippen LogP contribution in [0, 0.1) is 11.8 Å². The molecule has 2 unspecified atom stereocenters. The summed E-state index contributed by atoms with van der Waals surface area (Å²) in [5.41, 5.74) is 1.49. The van der Waals surface area contributed by atoms with Crippen LogP contribution in [0.2, 0.25) is 0 Å². The molecule has 2 amide bonds. The molecule has 2 N–H and O–H groups in total. The van der Waals surface area contributed by atoms with E-state index < -0.39 is 0 Å². The van der Waals surface area contributed by atoms with Gasteiger partial charge in [0.1, 0.15) is 0 Å². The molecule has 1 aliphatic carbocycles. The van der Waals surface area contributed by atoms with Crippen LogP contribution in [0.1, 0.15) is 64.4 Å². The number of fused-ring (bicyclic) bond motifs is 1. The Hall–Kier alpha value is -1.92. The van der Waals surface area contributed by atoms with Crippen molar-refractivity contribution in [1.82, 2.24) is 9.80 Å². The molecule has 2 atom stereocenters. The first-order chi connectivity index (χ1) is 15.0. The number of nitrogens with zero attached hydrogens (tertiary/aromatic N) is 2. The van der Waals surface area contributed by atoms with Crippen LogP contribution in [-0.2, 0) is 16.2 Å². The van der Waals surface area contributed by atoms with Crippen molar-refractivity contribution in [1.29, 1.82) is 0 Å². The van der Waals surface area contributed by atoms with Crippen molar-refractivity contribution in [3.63, 3.8) is 0 Å². The largest absolute Gasteiger partial charge is 0.392 e. The van der Waals surface area contributed by atoms with Crippen LogP contribution in [-0.4, -0.2) is 59.9 Å². The lowest BCUT2D eigenvalue weighted by molar-refractivity contribution is -0.130. The topological polar surface area (TPSA) is 72.9 Å². The molecule has 174 valence electrons. The number of unbranched alkanes of at least 4 members (excludes halogenated alkanes) is 1. The third-order valence-electron chi connectivity index (χ3n) is 6.41. The van der Waals surface area contributed by atoms with E-state index >= 15 is 0 Å². The zero-order chi connectivity index (χ0) is 22.6. The number of rotatable bonds is 10. The SMILES string of the molecule is CC.CN(CCCCC(=O)Nc1cccc(CO)c1)C(=O)CCN1CC2CCCC2C1. The summed E-state index contributed by atoms with van der Waals surface area (Å²) in [5, 5.41) is 12.0. The predicted molar refractivity (Wildman–Crippen MR) is 126 cm³/mol. The van der Waals surface area contributed by atoms with Gasteiger partial charge in [0.05, 0.1) is 6.61 Å². The fourth-order valence-corrected chi connectivity index (χ4v) is 4.69. The van der Waals surface area contributed by atoms with Gasteiger partial charge in [0.15, 0.2) is 0 Å². The average molecular weight is 432 g/mol.